The minimum atomic E-state index is 0.100. The predicted octanol–water partition coefficient (Wildman–Crippen LogP) is 1.92. The standard InChI is InChI=1S/C11H15BrN2O/c1-13-7-11(15)8-4-5-10(14(2)3)9(12)6-8/h4-6,13H,7H2,1-3H3. The number of anilines is 1. The zero-order valence-corrected chi connectivity index (χ0v) is 10.8. The van der Waals surface area contributed by atoms with E-state index in [-0.39, 0.29) is 5.78 Å². The molecule has 4 heteroatoms. The number of benzene rings is 1. The normalized spacial score (nSPS) is 10.1. The average Bonchev–Trinajstić information content (AvgIpc) is 2.17. The van der Waals surface area contributed by atoms with Crippen LogP contribution in [0.15, 0.2) is 22.7 Å². The number of hydrogen-bond donors (Lipinski definition) is 1. The van der Waals surface area contributed by atoms with Crippen molar-refractivity contribution in [1.29, 1.82) is 0 Å². The maximum absolute atomic E-state index is 11.6. The van der Waals surface area contributed by atoms with Gasteiger partial charge in [0.25, 0.3) is 0 Å². The second kappa shape index (κ2) is 5.28. The van der Waals surface area contributed by atoms with E-state index in [2.05, 4.69) is 21.2 Å². The largest absolute Gasteiger partial charge is 0.377 e. The van der Waals surface area contributed by atoms with Gasteiger partial charge in [-0.05, 0) is 41.2 Å². The van der Waals surface area contributed by atoms with E-state index in [1.165, 1.54) is 0 Å². The fourth-order valence-corrected chi connectivity index (χ4v) is 2.04. The Morgan fingerprint density at radius 1 is 1.47 bits per heavy atom. The predicted molar refractivity (Wildman–Crippen MR) is 66.7 cm³/mol. The number of carbonyl (C=O) groups excluding carboxylic acids is 1. The first-order valence-electron chi connectivity index (χ1n) is 4.71. The molecular formula is C11H15BrN2O. The summed E-state index contributed by atoms with van der Waals surface area (Å²) in [7, 11) is 5.70. The van der Waals surface area contributed by atoms with Gasteiger partial charge in [0.1, 0.15) is 0 Å². The van der Waals surface area contributed by atoms with Gasteiger partial charge < -0.3 is 10.2 Å². The maximum atomic E-state index is 11.6. The third-order valence-electron chi connectivity index (χ3n) is 2.09. The number of carbonyl (C=O) groups is 1. The molecule has 3 nitrogen and oxygen atoms in total. The summed E-state index contributed by atoms with van der Waals surface area (Å²) in [6, 6.07) is 5.64. The van der Waals surface area contributed by atoms with E-state index < -0.39 is 0 Å². The molecule has 0 unspecified atom stereocenters. The highest BCUT2D eigenvalue weighted by atomic mass is 79.9. The molecule has 82 valence electrons. The molecule has 0 heterocycles. The number of halogens is 1. The van der Waals surface area contributed by atoms with Crippen LogP contribution in [0.1, 0.15) is 10.4 Å². The smallest absolute Gasteiger partial charge is 0.176 e. The summed E-state index contributed by atoms with van der Waals surface area (Å²) in [5.41, 5.74) is 1.79. The fourth-order valence-electron chi connectivity index (χ4n) is 1.31. The van der Waals surface area contributed by atoms with Crippen LogP contribution in [-0.2, 0) is 0 Å². The Hall–Kier alpha value is -0.870. The Balaban J connectivity index is 2.96. The Morgan fingerprint density at radius 2 is 2.13 bits per heavy atom. The molecule has 0 saturated carbocycles. The lowest BCUT2D eigenvalue weighted by Gasteiger charge is -2.15. The van der Waals surface area contributed by atoms with Gasteiger partial charge in [-0.25, -0.2) is 0 Å². The molecule has 1 aromatic carbocycles. The Kier molecular flexibility index (Phi) is 4.29. The monoisotopic (exact) mass is 270 g/mol. The van der Waals surface area contributed by atoms with Crippen molar-refractivity contribution in [1.82, 2.24) is 5.32 Å². The van der Waals surface area contributed by atoms with Crippen LogP contribution >= 0.6 is 15.9 Å². The van der Waals surface area contributed by atoms with Gasteiger partial charge in [0, 0.05) is 24.1 Å². The zero-order chi connectivity index (χ0) is 11.4. The summed E-state index contributed by atoms with van der Waals surface area (Å²) in [5, 5.41) is 2.85. The van der Waals surface area contributed by atoms with Gasteiger partial charge in [-0.15, -0.1) is 0 Å². The highest BCUT2D eigenvalue weighted by Gasteiger charge is 2.08. The highest BCUT2D eigenvalue weighted by Crippen LogP contribution is 2.25. The number of nitrogens with zero attached hydrogens (tertiary/aromatic N) is 1. The van der Waals surface area contributed by atoms with Crippen LogP contribution in [0.2, 0.25) is 0 Å². The van der Waals surface area contributed by atoms with Crippen molar-refractivity contribution in [2.75, 3.05) is 32.6 Å². The molecule has 0 fully saturated rings. The topological polar surface area (TPSA) is 32.3 Å². The molecule has 0 aliphatic carbocycles. The Bertz CT molecular complexity index is 364. The summed E-state index contributed by atoms with van der Waals surface area (Å²) in [6.45, 7) is 0.369. The van der Waals surface area contributed by atoms with Crippen molar-refractivity contribution in [3.63, 3.8) is 0 Å². The molecule has 0 amide bonds. The average molecular weight is 271 g/mol. The number of rotatable bonds is 4. The molecule has 0 bridgehead atoms. The quantitative estimate of drug-likeness (QED) is 0.849. The van der Waals surface area contributed by atoms with Gasteiger partial charge in [-0.1, -0.05) is 0 Å². The maximum Gasteiger partial charge on any atom is 0.176 e. The van der Waals surface area contributed by atoms with Gasteiger partial charge in [-0.3, -0.25) is 4.79 Å². The second-order valence-corrected chi connectivity index (χ2v) is 4.37. The van der Waals surface area contributed by atoms with E-state index in [9.17, 15) is 4.79 Å². The number of likely N-dealkylation sites (N-methyl/N-ethyl adjacent to an activating group) is 1. The highest BCUT2D eigenvalue weighted by molar-refractivity contribution is 9.10. The minimum absolute atomic E-state index is 0.100. The molecule has 1 rings (SSSR count). The van der Waals surface area contributed by atoms with Crippen LogP contribution in [0.4, 0.5) is 5.69 Å². The van der Waals surface area contributed by atoms with Crippen molar-refractivity contribution < 1.29 is 4.79 Å². The van der Waals surface area contributed by atoms with Gasteiger partial charge in [0.2, 0.25) is 0 Å². The lowest BCUT2D eigenvalue weighted by Crippen LogP contribution is -2.18. The van der Waals surface area contributed by atoms with Crippen molar-refractivity contribution in [2.24, 2.45) is 0 Å². The van der Waals surface area contributed by atoms with Crippen molar-refractivity contribution in [3.05, 3.63) is 28.2 Å². The lowest BCUT2D eigenvalue weighted by molar-refractivity contribution is 0.0993. The molecule has 0 spiro atoms. The summed E-state index contributed by atoms with van der Waals surface area (Å²) < 4.78 is 0.939. The van der Waals surface area contributed by atoms with Crippen LogP contribution < -0.4 is 10.2 Å². The summed E-state index contributed by atoms with van der Waals surface area (Å²) in [6.07, 6.45) is 0. The minimum Gasteiger partial charge on any atom is -0.377 e. The molecule has 0 aromatic heterocycles. The molecule has 0 atom stereocenters. The Labute approximate surface area is 98.6 Å². The van der Waals surface area contributed by atoms with Gasteiger partial charge in [0.15, 0.2) is 5.78 Å². The molecule has 0 aliphatic rings. The zero-order valence-electron chi connectivity index (χ0n) is 9.17. The molecular weight excluding hydrogens is 256 g/mol. The van der Waals surface area contributed by atoms with Crippen molar-refractivity contribution in [2.45, 2.75) is 0 Å². The van der Waals surface area contributed by atoms with E-state index in [1.807, 2.05) is 37.2 Å². The van der Waals surface area contributed by atoms with E-state index in [4.69, 9.17) is 0 Å². The number of Topliss-reactive ketones (excluding diaryl/α,β-unsaturated/α-hetero) is 1. The van der Waals surface area contributed by atoms with E-state index in [0.717, 1.165) is 15.7 Å². The summed E-state index contributed by atoms with van der Waals surface area (Å²) in [4.78, 5) is 13.6. The van der Waals surface area contributed by atoms with Crippen LogP contribution in [0.5, 0.6) is 0 Å². The third-order valence-corrected chi connectivity index (χ3v) is 2.72. The van der Waals surface area contributed by atoms with Crippen LogP contribution in [0, 0.1) is 0 Å². The summed E-state index contributed by atoms with van der Waals surface area (Å²) in [5.74, 6) is 0.100. The number of hydrogen-bond acceptors (Lipinski definition) is 3. The molecule has 0 radical (unpaired) electrons. The fraction of sp³-hybridized carbons (Fsp3) is 0.364. The van der Waals surface area contributed by atoms with Crippen LogP contribution in [0.3, 0.4) is 0 Å². The van der Waals surface area contributed by atoms with E-state index in [0.29, 0.717) is 6.54 Å². The van der Waals surface area contributed by atoms with Crippen LogP contribution in [0.25, 0.3) is 0 Å². The lowest BCUT2D eigenvalue weighted by atomic mass is 10.1. The van der Waals surface area contributed by atoms with Crippen molar-refractivity contribution >= 4 is 27.4 Å². The third kappa shape index (κ3) is 3.04. The van der Waals surface area contributed by atoms with E-state index >= 15 is 0 Å². The molecule has 0 aliphatic heterocycles. The Morgan fingerprint density at radius 3 is 2.60 bits per heavy atom. The number of ketones is 1. The first-order chi connectivity index (χ1) is 7.06. The van der Waals surface area contributed by atoms with Crippen LogP contribution in [-0.4, -0.2) is 33.5 Å². The van der Waals surface area contributed by atoms with Gasteiger partial charge in [-0.2, -0.15) is 0 Å². The summed E-state index contributed by atoms with van der Waals surface area (Å²) >= 11 is 3.45. The molecule has 15 heavy (non-hydrogen) atoms. The first-order valence-corrected chi connectivity index (χ1v) is 5.50. The SMILES string of the molecule is CNCC(=O)c1ccc(N(C)C)c(Br)c1. The van der Waals surface area contributed by atoms with Gasteiger partial charge >= 0.3 is 0 Å². The van der Waals surface area contributed by atoms with Gasteiger partial charge in [0.05, 0.1) is 12.2 Å². The molecule has 0 saturated heterocycles. The van der Waals surface area contributed by atoms with Crippen molar-refractivity contribution in [3.8, 4) is 0 Å². The van der Waals surface area contributed by atoms with E-state index in [1.54, 1.807) is 7.05 Å². The first kappa shape index (κ1) is 12.2. The molecule has 1 aromatic rings. The molecule has 1 N–H and O–H groups in total. The number of nitrogens with one attached hydrogen (secondary N) is 1. The second-order valence-electron chi connectivity index (χ2n) is 3.51.